The Morgan fingerprint density at radius 2 is 0.983 bits per heavy atom. The minimum atomic E-state index is -1.39. The highest BCUT2D eigenvalue weighted by Gasteiger charge is 2.54. The number of nitrogens with zero attached hydrogens (tertiary/aromatic N) is 3. The zero-order chi connectivity index (χ0) is 43.4. The molecule has 0 radical (unpaired) electrons. The fraction of sp³-hybridized carbons (Fsp3) is 0.581. The first-order chi connectivity index (χ1) is 27.0. The molecule has 2 aliphatic heterocycles. The molecule has 4 atom stereocenters. The van der Waals surface area contributed by atoms with Gasteiger partial charge in [0.25, 0.3) is 0 Å². The zero-order valence-electron chi connectivity index (χ0n) is 35.8. The monoisotopic (exact) mass is 805 g/mol. The Kier molecular flexibility index (Phi) is 13.9. The summed E-state index contributed by atoms with van der Waals surface area (Å²) in [5, 5.41) is 5.31. The molecule has 2 heterocycles. The molecule has 0 unspecified atom stereocenters. The van der Waals surface area contributed by atoms with E-state index in [9.17, 15) is 28.8 Å². The third kappa shape index (κ3) is 9.24. The third-order valence-corrected chi connectivity index (χ3v) is 11.6. The van der Waals surface area contributed by atoms with Crippen LogP contribution in [0.25, 0.3) is 0 Å². The van der Waals surface area contributed by atoms with Crippen LogP contribution in [0.4, 0.5) is 9.59 Å². The van der Waals surface area contributed by atoms with Crippen molar-refractivity contribution < 1.29 is 38.2 Å². The van der Waals surface area contributed by atoms with Gasteiger partial charge in [0.15, 0.2) is 0 Å². The summed E-state index contributed by atoms with van der Waals surface area (Å²) in [6.07, 6.45) is 0.335. The summed E-state index contributed by atoms with van der Waals surface area (Å²) in [6.45, 7) is 16.9. The largest absolute Gasteiger partial charge is 0.453 e. The second-order valence-corrected chi connectivity index (χ2v) is 17.9. The molecule has 15 heteroatoms. The third-order valence-electron chi connectivity index (χ3n) is 11.6. The average Bonchev–Trinajstić information content (AvgIpc) is 3.82. The Morgan fingerprint density at radius 1 is 0.655 bits per heavy atom. The van der Waals surface area contributed by atoms with Gasteiger partial charge < -0.3 is 41.4 Å². The van der Waals surface area contributed by atoms with E-state index < -0.39 is 69.8 Å². The molecule has 2 aromatic rings. The number of primary amides is 2. The highest BCUT2D eigenvalue weighted by molar-refractivity contribution is 5.96. The fourth-order valence-electron chi connectivity index (χ4n) is 8.26. The highest BCUT2D eigenvalue weighted by atomic mass is 16.5. The number of carbonyl (C=O) groups is 6. The molecule has 2 fully saturated rings. The molecular formula is C43H63N7O8. The number of nitrogens with two attached hydrogens (primary N) is 2. The zero-order valence-corrected chi connectivity index (χ0v) is 35.8. The number of ether oxygens (including phenoxy) is 2. The SMILES string of the molecule is COC(=O)N[C@H](C(=O)N1CCC[C@@]1(C(N)=O)c1ccc(CN(Cc2ccc([C@]3(C(N)=O)CCCN3C(=O)[C@@H](NC(=O)OC)C(C)(C)C)cc2)C(C)C)cc1)C(C)(C)C. The Morgan fingerprint density at radius 3 is 1.24 bits per heavy atom. The molecule has 2 aliphatic rings. The Balaban J connectivity index is 1.57. The molecule has 2 saturated heterocycles. The molecular weight excluding hydrogens is 743 g/mol. The summed E-state index contributed by atoms with van der Waals surface area (Å²) in [6, 6.07) is 13.4. The summed E-state index contributed by atoms with van der Waals surface area (Å²) in [5.74, 6) is -2.10. The van der Waals surface area contributed by atoms with Crippen molar-refractivity contribution in [1.29, 1.82) is 0 Å². The van der Waals surface area contributed by atoms with Crippen molar-refractivity contribution in [1.82, 2.24) is 25.3 Å². The van der Waals surface area contributed by atoms with Crippen LogP contribution in [-0.2, 0) is 52.8 Å². The second kappa shape index (κ2) is 17.8. The van der Waals surface area contributed by atoms with Crippen LogP contribution in [0.1, 0.15) is 103 Å². The lowest BCUT2D eigenvalue weighted by Gasteiger charge is -2.41. The van der Waals surface area contributed by atoms with Crippen LogP contribution in [0, 0.1) is 10.8 Å². The smallest absolute Gasteiger partial charge is 0.407 e. The van der Waals surface area contributed by atoms with E-state index in [0.717, 1.165) is 11.1 Å². The summed E-state index contributed by atoms with van der Waals surface area (Å²) < 4.78 is 9.58. The maximum absolute atomic E-state index is 14.1. The van der Waals surface area contributed by atoms with Gasteiger partial charge in [-0.05, 0) is 72.6 Å². The number of rotatable bonds is 13. The minimum Gasteiger partial charge on any atom is -0.453 e. The fourth-order valence-corrected chi connectivity index (χ4v) is 8.26. The van der Waals surface area contributed by atoms with Gasteiger partial charge >= 0.3 is 12.2 Å². The van der Waals surface area contributed by atoms with Gasteiger partial charge in [0.2, 0.25) is 23.6 Å². The predicted octanol–water partition coefficient (Wildman–Crippen LogP) is 4.24. The van der Waals surface area contributed by atoms with E-state index in [0.29, 0.717) is 63.0 Å². The number of methoxy groups -OCH3 is 2. The molecule has 0 saturated carbocycles. The van der Waals surface area contributed by atoms with Gasteiger partial charge in [-0.1, -0.05) is 90.1 Å². The van der Waals surface area contributed by atoms with Gasteiger partial charge in [-0.2, -0.15) is 0 Å². The maximum Gasteiger partial charge on any atom is 0.407 e. The van der Waals surface area contributed by atoms with Gasteiger partial charge in [0.1, 0.15) is 23.2 Å². The first kappa shape index (κ1) is 45.5. The second-order valence-electron chi connectivity index (χ2n) is 17.9. The first-order valence-electron chi connectivity index (χ1n) is 19.9. The van der Waals surface area contributed by atoms with Gasteiger partial charge in [0.05, 0.1) is 14.2 Å². The van der Waals surface area contributed by atoms with Crippen LogP contribution in [0.3, 0.4) is 0 Å². The Bertz CT molecular complexity index is 1710. The van der Waals surface area contributed by atoms with Crippen molar-refractivity contribution >= 4 is 35.8 Å². The summed E-state index contributed by atoms with van der Waals surface area (Å²) in [5.41, 5.74) is 11.2. The molecule has 58 heavy (non-hydrogen) atoms. The van der Waals surface area contributed by atoms with Crippen LogP contribution >= 0.6 is 0 Å². The van der Waals surface area contributed by atoms with Crippen molar-refractivity contribution in [2.45, 2.75) is 123 Å². The number of hydrogen-bond donors (Lipinski definition) is 4. The lowest BCUT2D eigenvalue weighted by molar-refractivity contribution is -0.147. The molecule has 6 amide bonds. The van der Waals surface area contributed by atoms with Crippen LogP contribution in [0.2, 0.25) is 0 Å². The van der Waals surface area contributed by atoms with E-state index in [-0.39, 0.29) is 6.04 Å². The minimum absolute atomic E-state index is 0.132. The molecule has 0 aliphatic carbocycles. The van der Waals surface area contributed by atoms with Crippen molar-refractivity contribution in [3.05, 3.63) is 70.8 Å². The number of nitrogens with one attached hydrogen (secondary N) is 2. The molecule has 2 aromatic carbocycles. The van der Waals surface area contributed by atoms with Crippen LogP contribution in [-0.4, -0.2) is 95.9 Å². The normalized spacial score (nSPS) is 20.8. The number of benzene rings is 2. The van der Waals surface area contributed by atoms with Gasteiger partial charge in [-0.25, -0.2) is 9.59 Å². The number of likely N-dealkylation sites (tertiary alicyclic amines) is 2. The molecule has 15 nitrogen and oxygen atoms in total. The maximum atomic E-state index is 14.1. The molecule has 0 aromatic heterocycles. The van der Waals surface area contributed by atoms with Gasteiger partial charge in [0, 0.05) is 32.2 Å². The van der Waals surface area contributed by atoms with E-state index in [1.807, 2.05) is 90.1 Å². The lowest BCUT2D eigenvalue weighted by Crippen LogP contribution is -2.61. The number of alkyl carbamates (subject to hydrolysis) is 2. The molecule has 0 bridgehead atoms. The van der Waals surface area contributed by atoms with E-state index in [2.05, 4.69) is 29.4 Å². The standard InChI is InChI=1S/C43H63N7O8/c1-27(2)48(25-28-13-17-30(18-14-28)42(36(44)53)21-11-23-49(42)34(51)32(40(3,4)5)46-38(55)57-9)26-29-15-19-31(20-16-29)43(37(45)54)22-12-24-50(43)35(52)33(41(6,7)8)47-39(56)58-10/h13-20,27,32-33H,11-12,21-26H2,1-10H3,(H2,44,53)(H2,45,54)(H,46,55)(H,47,56)/t32-,33-,42+,43+/m1/s1. The van der Waals surface area contributed by atoms with E-state index >= 15 is 0 Å². The van der Waals surface area contributed by atoms with Gasteiger partial charge in [-0.15, -0.1) is 0 Å². The highest BCUT2D eigenvalue weighted by Crippen LogP contribution is 2.42. The molecule has 318 valence electrons. The topological polar surface area (TPSA) is 207 Å². The number of amides is 6. The molecule has 4 rings (SSSR count). The quantitative estimate of drug-likeness (QED) is 0.228. The van der Waals surface area contributed by atoms with Crippen LogP contribution < -0.4 is 22.1 Å². The number of carbonyl (C=O) groups excluding carboxylic acids is 6. The van der Waals surface area contributed by atoms with E-state index in [4.69, 9.17) is 20.9 Å². The number of hydrogen-bond acceptors (Lipinski definition) is 9. The first-order valence-corrected chi connectivity index (χ1v) is 19.9. The lowest BCUT2D eigenvalue weighted by atomic mass is 9.82. The molecule has 6 N–H and O–H groups in total. The van der Waals surface area contributed by atoms with Crippen LogP contribution in [0.5, 0.6) is 0 Å². The predicted molar refractivity (Wildman–Crippen MR) is 218 cm³/mol. The van der Waals surface area contributed by atoms with Gasteiger partial charge in [-0.3, -0.25) is 24.1 Å². The van der Waals surface area contributed by atoms with Crippen molar-refractivity contribution in [3.8, 4) is 0 Å². The summed E-state index contributed by atoms with van der Waals surface area (Å²) >= 11 is 0. The van der Waals surface area contributed by atoms with E-state index in [1.165, 1.54) is 24.0 Å². The summed E-state index contributed by atoms with van der Waals surface area (Å²) in [4.78, 5) is 84.5. The Hall–Kier alpha value is -5.18. The van der Waals surface area contributed by atoms with Crippen molar-refractivity contribution in [3.63, 3.8) is 0 Å². The van der Waals surface area contributed by atoms with Crippen molar-refractivity contribution in [2.75, 3.05) is 27.3 Å². The average molecular weight is 806 g/mol. The molecule has 0 spiro atoms. The van der Waals surface area contributed by atoms with Crippen LogP contribution in [0.15, 0.2) is 48.5 Å². The summed E-state index contributed by atoms with van der Waals surface area (Å²) in [7, 11) is 2.46. The Labute approximate surface area is 342 Å². The van der Waals surface area contributed by atoms with E-state index in [1.54, 1.807) is 0 Å². The van der Waals surface area contributed by atoms with Crippen molar-refractivity contribution in [2.24, 2.45) is 22.3 Å².